The fourth-order valence-electron chi connectivity index (χ4n) is 2.02. The number of nitrogens with one attached hydrogen (secondary N) is 1. The van der Waals surface area contributed by atoms with Gasteiger partial charge in [0.25, 0.3) is 0 Å². The van der Waals surface area contributed by atoms with Gasteiger partial charge in [-0.05, 0) is 45.9 Å². The Morgan fingerprint density at radius 3 is 2.74 bits per heavy atom. The molecule has 3 heteroatoms. The summed E-state index contributed by atoms with van der Waals surface area (Å²) in [6.45, 7) is 15.4. The highest BCUT2D eigenvalue weighted by Gasteiger charge is 2.20. The Hall–Kier alpha value is -1.35. The van der Waals surface area contributed by atoms with Crippen LogP contribution in [0.4, 0.5) is 5.69 Å². The van der Waals surface area contributed by atoms with E-state index in [9.17, 15) is 0 Å². The number of nitrogens with zero attached hydrogens (tertiary/aromatic N) is 2. The molecule has 0 aromatic carbocycles. The minimum atomic E-state index is 0.0731. The van der Waals surface area contributed by atoms with Crippen molar-refractivity contribution in [2.45, 2.75) is 46.2 Å². The Labute approximate surface area is 117 Å². The second kappa shape index (κ2) is 7.29. The zero-order valence-corrected chi connectivity index (χ0v) is 12.7. The summed E-state index contributed by atoms with van der Waals surface area (Å²) in [4.78, 5) is 6.76. The summed E-state index contributed by atoms with van der Waals surface area (Å²) in [6, 6.07) is 4.23. The summed E-state index contributed by atoms with van der Waals surface area (Å²) in [5, 5.41) is 3.39. The minimum absolute atomic E-state index is 0.0731. The van der Waals surface area contributed by atoms with E-state index in [0.717, 1.165) is 31.7 Å². The van der Waals surface area contributed by atoms with Crippen LogP contribution in [0.1, 0.15) is 39.8 Å². The predicted octanol–water partition coefficient (Wildman–Crippen LogP) is 3.37. The fourth-order valence-corrected chi connectivity index (χ4v) is 2.02. The number of pyridine rings is 1. The molecule has 0 atom stereocenters. The van der Waals surface area contributed by atoms with E-state index in [1.54, 1.807) is 0 Å². The highest BCUT2D eigenvalue weighted by atomic mass is 15.2. The third-order valence-corrected chi connectivity index (χ3v) is 2.97. The van der Waals surface area contributed by atoms with Crippen LogP contribution in [0.15, 0.2) is 31.0 Å². The zero-order chi connectivity index (χ0) is 14.3. The molecule has 0 amide bonds. The van der Waals surface area contributed by atoms with Gasteiger partial charge in [-0.1, -0.05) is 13.0 Å². The van der Waals surface area contributed by atoms with Crippen LogP contribution < -0.4 is 10.2 Å². The number of aromatic nitrogens is 1. The minimum Gasteiger partial charge on any atom is -0.363 e. The Balaban J connectivity index is 2.85. The van der Waals surface area contributed by atoms with Gasteiger partial charge in [-0.2, -0.15) is 0 Å². The van der Waals surface area contributed by atoms with Crippen LogP contribution in [0.3, 0.4) is 0 Å². The summed E-state index contributed by atoms with van der Waals surface area (Å²) in [7, 11) is 0. The maximum atomic E-state index is 4.42. The van der Waals surface area contributed by atoms with Crippen molar-refractivity contribution in [3.63, 3.8) is 0 Å². The van der Waals surface area contributed by atoms with Crippen LogP contribution in [0.25, 0.3) is 0 Å². The first-order valence-corrected chi connectivity index (χ1v) is 7.03. The van der Waals surface area contributed by atoms with Gasteiger partial charge in [-0.25, -0.2) is 0 Å². The van der Waals surface area contributed by atoms with Crippen molar-refractivity contribution in [2.24, 2.45) is 0 Å². The highest BCUT2D eigenvalue weighted by Crippen LogP contribution is 2.23. The third kappa shape index (κ3) is 5.03. The van der Waals surface area contributed by atoms with Gasteiger partial charge in [-0.15, -0.1) is 6.58 Å². The van der Waals surface area contributed by atoms with Gasteiger partial charge in [0.05, 0.1) is 5.69 Å². The van der Waals surface area contributed by atoms with Crippen LogP contribution in [0.5, 0.6) is 0 Å². The quantitative estimate of drug-likeness (QED) is 0.602. The number of hydrogen-bond acceptors (Lipinski definition) is 3. The molecule has 0 aliphatic carbocycles. The summed E-state index contributed by atoms with van der Waals surface area (Å²) in [5.41, 5.74) is 2.36. The molecule has 0 fully saturated rings. The van der Waals surface area contributed by atoms with Gasteiger partial charge in [0.1, 0.15) is 0 Å². The second-order valence-electron chi connectivity index (χ2n) is 5.75. The molecule has 0 bridgehead atoms. The van der Waals surface area contributed by atoms with Gasteiger partial charge in [0.2, 0.25) is 0 Å². The lowest BCUT2D eigenvalue weighted by Gasteiger charge is -2.37. The van der Waals surface area contributed by atoms with Gasteiger partial charge in [-0.3, -0.25) is 4.98 Å². The Kier molecular flexibility index (Phi) is 6.03. The maximum absolute atomic E-state index is 4.42. The van der Waals surface area contributed by atoms with Crippen LogP contribution >= 0.6 is 0 Å². The lowest BCUT2D eigenvalue weighted by Crippen LogP contribution is -2.41. The van der Waals surface area contributed by atoms with Gasteiger partial charge in [0.15, 0.2) is 0 Å². The molecule has 1 rings (SSSR count). The Bertz CT molecular complexity index is 393. The molecule has 0 spiro atoms. The number of anilines is 1. The second-order valence-corrected chi connectivity index (χ2v) is 5.75. The van der Waals surface area contributed by atoms with E-state index < -0.39 is 0 Å². The van der Waals surface area contributed by atoms with Crippen LogP contribution in [-0.4, -0.2) is 23.6 Å². The monoisotopic (exact) mass is 261 g/mol. The van der Waals surface area contributed by atoms with Crippen LogP contribution in [0, 0.1) is 0 Å². The zero-order valence-electron chi connectivity index (χ0n) is 12.7. The SMILES string of the molecule is C=CCN(c1ccnc(CNCCC)c1)C(C)(C)C. The normalized spacial score (nSPS) is 11.4. The van der Waals surface area contributed by atoms with Crippen molar-refractivity contribution in [3.8, 4) is 0 Å². The van der Waals surface area contributed by atoms with Crippen molar-refractivity contribution >= 4 is 5.69 Å². The largest absolute Gasteiger partial charge is 0.363 e. The maximum Gasteiger partial charge on any atom is 0.0562 e. The Morgan fingerprint density at radius 2 is 2.16 bits per heavy atom. The van der Waals surface area contributed by atoms with E-state index in [2.05, 4.69) is 61.6 Å². The molecular formula is C16H27N3. The fraction of sp³-hybridized carbons (Fsp3) is 0.562. The molecule has 106 valence electrons. The van der Waals surface area contributed by atoms with Crippen molar-refractivity contribution < 1.29 is 0 Å². The molecule has 1 aromatic heterocycles. The number of rotatable bonds is 7. The van der Waals surface area contributed by atoms with E-state index in [0.29, 0.717) is 0 Å². The van der Waals surface area contributed by atoms with Gasteiger partial charge < -0.3 is 10.2 Å². The molecule has 1 heterocycles. The molecule has 0 radical (unpaired) electrons. The Morgan fingerprint density at radius 1 is 1.42 bits per heavy atom. The molecule has 3 nitrogen and oxygen atoms in total. The molecule has 0 unspecified atom stereocenters. The smallest absolute Gasteiger partial charge is 0.0562 e. The number of hydrogen-bond donors (Lipinski definition) is 1. The molecule has 0 aliphatic rings. The first kappa shape index (κ1) is 15.7. The van der Waals surface area contributed by atoms with Crippen molar-refractivity contribution in [1.29, 1.82) is 0 Å². The average molecular weight is 261 g/mol. The van der Waals surface area contributed by atoms with Crippen molar-refractivity contribution in [3.05, 3.63) is 36.7 Å². The molecule has 1 N–H and O–H groups in total. The topological polar surface area (TPSA) is 28.2 Å². The third-order valence-electron chi connectivity index (χ3n) is 2.97. The standard InChI is InChI=1S/C16H27N3/c1-6-9-17-13-14-12-15(8-10-18-14)19(11-7-2)16(3,4)5/h7-8,10,12,17H,2,6,9,11,13H2,1,3-5H3. The van der Waals surface area contributed by atoms with Gasteiger partial charge >= 0.3 is 0 Å². The molecular weight excluding hydrogens is 234 g/mol. The van der Waals surface area contributed by atoms with E-state index in [4.69, 9.17) is 0 Å². The summed E-state index contributed by atoms with van der Waals surface area (Å²) < 4.78 is 0. The van der Waals surface area contributed by atoms with E-state index in [-0.39, 0.29) is 5.54 Å². The highest BCUT2D eigenvalue weighted by molar-refractivity contribution is 5.49. The lowest BCUT2D eigenvalue weighted by molar-refractivity contribution is 0.521. The van der Waals surface area contributed by atoms with Gasteiger partial charge in [0, 0.05) is 30.5 Å². The summed E-state index contributed by atoms with van der Waals surface area (Å²) >= 11 is 0. The first-order valence-electron chi connectivity index (χ1n) is 7.03. The molecule has 0 aliphatic heterocycles. The summed E-state index contributed by atoms with van der Waals surface area (Å²) in [5.74, 6) is 0. The molecule has 1 aromatic rings. The molecule has 0 saturated heterocycles. The van der Waals surface area contributed by atoms with Crippen LogP contribution in [0.2, 0.25) is 0 Å². The molecule has 19 heavy (non-hydrogen) atoms. The molecule has 0 saturated carbocycles. The van der Waals surface area contributed by atoms with Crippen molar-refractivity contribution in [2.75, 3.05) is 18.0 Å². The predicted molar refractivity (Wildman–Crippen MR) is 83.5 cm³/mol. The van der Waals surface area contributed by atoms with E-state index in [1.807, 2.05) is 12.3 Å². The van der Waals surface area contributed by atoms with E-state index in [1.165, 1.54) is 5.69 Å². The first-order chi connectivity index (χ1) is 8.99. The summed E-state index contributed by atoms with van der Waals surface area (Å²) in [6.07, 6.45) is 4.98. The lowest BCUT2D eigenvalue weighted by atomic mass is 10.0. The average Bonchev–Trinajstić information content (AvgIpc) is 2.35. The van der Waals surface area contributed by atoms with Crippen molar-refractivity contribution in [1.82, 2.24) is 10.3 Å². The van der Waals surface area contributed by atoms with E-state index >= 15 is 0 Å². The van der Waals surface area contributed by atoms with Crippen LogP contribution in [-0.2, 0) is 6.54 Å².